The average molecular weight is 241 g/mol. The second-order valence-corrected chi connectivity index (χ2v) is 3.92. The molecular formula is C12H23N3O2. The van der Waals surface area contributed by atoms with Crippen LogP contribution >= 0.6 is 0 Å². The third-order valence-corrected chi connectivity index (χ3v) is 2.64. The molecule has 0 spiro atoms. The summed E-state index contributed by atoms with van der Waals surface area (Å²) in [7, 11) is 1.64. The standard InChI is InChI=1S/C12H23N3O2/c1-4-7-17-8-6-10(13)12-11(16-3)9-14-15(12)5-2/h9-10H,4-8,13H2,1-3H3. The van der Waals surface area contributed by atoms with Crippen molar-refractivity contribution in [3.63, 3.8) is 0 Å². The number of aromatic nitrogens is 2. The minimum Gasteiger partial charge on any atom is -0.493 e. The number of hydrogen-bond donors (Lipinski definition) is 1. The summed E-state index contributed by atoms with van der Waals surface area (Å²) in [5.74, 6) is 0.759. The van der Waals surface area contributed by atoms with E-state index in [1.807, 2.05) is 11.6 Å². The lowest BCUT2D eigenvalue weighted by molar-refractivity contribution is 0.127. The maximum Gasteiger partial charge on any atom is 0.161 e. The second-order valence-electron chi connectivity index (χ2n) is 3.92. The highest BCUT2D eigenvalue weighted by Gasteiger charge is 2.17. The van der Waals surface area contributed by atoms with Gasteiger partial charge >= 0.3 is 0 Å². The molecule has 0 aliphatic heterocycles. The smallest absolute Gasteiger partial charge is 0.161 e. The zero-order chi connectivity index (χ0) is 12.7. The van der Waals surface area contributed by atoms with Gasteiger partial charge in [0.25, 0.3) is 0 Å². The molecule has 5 nitrogen and oxygen atoms in total. The predicted octanol–water partition coefficient (Wildman–Crippen LogP) is 1.73. The SMILES string of the molecule is CCCOCCC(N)c1c(OC)cnn1CC. The third-order valence-electron chi connectivity index (χ3n) is 2.64. The Bertz CT molecular complexity index is 304. The van der Waals surface area contributed by atoms with Crippen molar-refractivity contribution in [3.05, 3.63) is 11.9 Å². The molecule has 0 bridgehead atoms. The highest BCUT2D eigenvalue weighted by Crippen LogP contribution is 2.25. The summed E-state index contributed by atoms with van der Waals surface area (Å²) in [4.78, 5) is 0. The largest absolute Gasteiger partial charge is 0.493 e. The van der Waals surface area contributed by atoms with E-state index in [1.165, 1.54) is 0 Å². The van der Waals surface area contributed by atoms with Crippen molar-refractivity contribution in [2.24, 2.45) is 5.73 Å². The molecule has 1 rings (SSSR count). The van der Waals surface area contributed by atoms with Gasteiger partial charge in [0.15, 0.2) is 5.75 Å². The first-order valence-electron chi connectivity index (χ1n) is 6.17. The monoisotopic (exact) mass is 241 g/mol. The molecule has 0 saturated heterocycles. The summed E-state index contributed by atoms with van der Waals surface area (Å²) in [6.45, 7) is 6.39. The molecule has 17 heavy (non-hydrogen) atoms. The Morgan fingerprint density at radius 2 is 2.18 bits per heavy atom. The van der Waals surface area contributed by atoms with Gasteiger partial charge in [-0.2, -0.15) is 5.10 Å². The van der Waals surface area contributed by atoms with E-state index in [-0.39, 0.29) is 6.04 Å². The van der Waals surface area contributed by atoms with Crippen molar-refractivity contribution in [3.8, 4) is 5.75 Å². The van der Waals surface area contributed by atoms with Gasteiger partial charge in [-0.1, -0.05) is 6.92 Å². The van der Waals surface area contributed by atoms with Crippen molar-refractivity contribution >= 4 is 0 Å². The molecule has 98 valence electrons. The number of rotatable bonds is 8. The molecule has 1 unspecified atom stereocenters. The molecule has 0 aromatic carbocycles. The summed E-state index contributed by atoms with van der Waals surface area (Å²) in [6.07, 6.45) is 3.53. The van der Waals surface area contributed by atoms with Crippen molar-refractivity contribution in [2.75, 3.05) is 20.3 Å². The summed E-state index contributed by atoms with van der Waals surface area (Å²) in [5, 5.41) is 4.24. The molecule has 2 N–H and O–H groups in total. The molecule has 0 fully saturated rings. The summed E-state index contributed by atoms with van der Waals surface area (Å²) in [5.41, 5.74) is 7.11. The molecule has 1 aromatic heterocycles. The van der Waals surface area contributed by atoms with E-state index >= 15 is 0 Å². The lowest BCUT2D eigenvalue weighted by Gasteiger charge is -2.15. The van der Waals surface area contributed by atoms with Gasteiger partial charge in [-0.3, -0.25) is 4.68 Å². The van der Waals surface area contributed by atoms with Crippen molar-refractivity contribution < 1.29 is 9.47 Å². The number of methoxy groups -OCH3 is 1. The second kappa shape index (κ2) is 7.29. The number of nitrogens with zero attached hydrogens (tertiary/aromatic N) is 2. The van der Waals surface area contributed by atoms with Crippen LogP contribution in [0, 0.1) is 0 Å². The first-order valence-corrected chi connectivity index (χ1v) is 6.17. The van der Waals surface area contributed by atoms with Crippen LogP contribution in [0.2, 0.25) is 0 Å². The number of nitrogens with two attached hydrogens (primary N) is 1. The lowest BCUT2D eigenvalue weighted by atomic mass is 10.1. The Balaban J connectivity index is 2.60. The fourth-order valence-corrected chi connectivity index (χ4v) is 1.75. The van der Waals surface area contributed by atoms with Gasteiger partial charge in [0.05, 0.1) is 25.0 Å². The topological polar surface area (TPSA) is 62.3 Å². The Kier molecular flexibility index (Phi) is 6.00. The zero-order valence-electron chi connectivity index (χ0n) is 11.0. The van der Waals surface area contributed by atoms with E-state index in [4.69, 9.17) is 15.2 Å². The number of ether oxygens (including phenoxy) is 2. The van der Waals surface area contributed by atoms with Gasteiger partial charge in [0, 0.05) is 19.8 Å². The van der Waals surface area contributed by atoms with E-state index in [0.29, 0.717) is 6.61 Å². The quantitative estimate of drug-likeness (QED) is 0.704. The maximum absolute atomic E-state index is 6.15. The van der Waals surface area contributed by atoms with Crippen LogP contribution in [0.1, 0.15) is 38.4 Å². The lowest BCUT2D eigenvalue weighted by Crippen LogP contribution is -2.18. The zero-order valence-corrected chi connectivity index (χ0v) is 11.0. The summed E-state index contributed by atoms with van der Waals surface area (Å²) < 4.78 is 12.6. The van der Waals surface area contributed by atoms with E-state index in [2.05, 4.69) is 12.0 Å². The van der Waals surface area contributed by atoms with Crippen LogP contribution in [0.15, 0.2) is 6.20 Å². The number of aryl methyl sites for hydroxylation is 1. The van der Waals surface area contributed by atoms with E-state index in [1.54, 1.807) is 13.3 Å². The molecule has 5 heteroatoms. The Morgan fingerprint density at radius 1 is 1.41 bits per heavy atom. The van der Waals surface area contributed by atoms with Gasteiger partial charge in [-0.25, -0.2) is 0 Å². The van der Waals surface area contributed by atoms with Gasteiger partial charge in [-0.15, -0.1) is 0 Å². The highest BCUT2D eigenvalue weighted by atomic mass is 16.5. The molecule has 1 atom stereocenters. The Morgan fingerprint density at radius 3 is 2.76 bits per heavy atom. The molecule has 0 saturated carbocycles. The molecule has 0 radical (unpaired) electrons. The van der Waals surface area contributed by atoms with Crippen LogP contribution in [0.5, 0.6) is 5.75 Å². The summed E-state index contributed by atoms with van der Waals surface area (Å²) in [6, 6.07) is -0.0933. The van der Waals surface area contributed by atoms with Gasteiger partial charge in [-0.05, 0) is 19.8 Å². The summed E-state index contributed by atoms with van der Waals surface area (Å²) >= 11 is 0. The van der Waals surface area contributed by atoms with Crippen LogP contribution in [0.25, 0.3) is 0 Å². The van der Waals surface area contributed by atoms with Crippen LogP contribution < -0.4 is 10.5 Å². The van der Waals surface area contributed by atoms with Crippen molar-refractivity contribution in [1.29, 1.82) is 0 Å². The molecule has 0 aliphatic carbocycles. The Labute approximate surface area is 103 Å². The molecular weight excluding hydrogens is 218 g/mol. The minimum absolute atomic E-state index is 0.0933. The molecule has 1 aromatic rings. The van der Waals surface area contributed by atoms with Crippen LogP contribution in [0.3, 0.4) is 0 Å². The highest BCUT2D eigenvalue weighted by molar-refractivity contribution is 5.28. The van der Waals surface area contributed by atoms with E-state index < -0.39 is 0 Å². The molecule has 0 amide bonds. The Hall–Kier alpha value is -1.07. The maximum atomic E-state index is 6.15. The van der Waals surface area contributed by atoms with Gasteiger partial charge in [0.1, 0.15) is 0 Å². The van der Waals surface area contributed by atoms with E-state index in [0.717, 1.165) is 37.4 Å². The van der Waals surface area contributed by atoms with Crippen LogP contribution in [-0.2, 0) is 11.3 Å². The minimum atomic E-state index is -0.0933. The average Bonchev–Trinajstić information content (AvgIpc) is 2.77. The third kappa shape index (κ3) is 3.71. The van der Waals surface area contributed by atoms with E-state index in [9.17, 15) is 0 Å². The van der Waals surface area contributed by atoms with Crippen molar-refractivity contribution in [2.45, 2.75) is 39.3 Å². The van der Waals surface area contributed by atoms with Gasteiger partial charge < -0.3 is 15.2 Å². The number of hydrogen-bond acceptors (Lipinski definition) is 4. The van der Waals surface area contributed by atoms with Crippen LogP contribution in [-0.4, -0.2) is 30.1 Å². The fraction of sp³-hybridized carbons (Fsp3) is 0.750. The first-order chi connectivity index (χ1) is 8.24. The molecule has 1 heterocycles. The fourth-order valence-electron chi connectivity index (χ4n) is 1.75. The van der Waals surface area contributed by atoms with Crippen molar-refractivity contribution in [1.82, 2.24) is 9.78 Å². The predicted molar refractivity (Wildman–Crippen MR) is 67.1 cm³/mol. The normalized spacial score (nSPS) is 12.7. The first kappa shape index (κ1) is 14.0. The molecule has 0 aliphatic rings. The van der Waals surface area contributed by atoms with Crippen LogP contribution in [0.4, 0.5) is 0 Å². The van der Waals surface area contributed by atoms with Gasteiger partial charge in [0.2, 0.25) is 0 Å².